The monoisotopic (exact) mass is 266 g/mol. The highest BCUT2D eigenvalue weighted by molar-refractivity contribution is 7.78. The van der Waals surface area contributed by atoms with Crippen LogP contribution in [-0.4, -0.2) is 21.8 Å². The van der Waals surface area contributed by atoms with Gasteiger partial charge in [-0.2, -0.15) is 5.26 Å². The molecule has 0 atom stereocenters. The van der Waals surface area contributed by atoms with E-state index in [0.717, 1.165) is 4.31 Å². The lowest BCUT2D eigenvalue weighted by Gasteiger charge is -2.14. The maximum atomic E-state index is 11.5. The van der Waals surface area contributed by atoms with Crippen LogP contribution in [0, 0.1) is 21.4 Å². The van der Waals surface area contributed by atoms with Crippen molar-refractivity contribution in [2.75, 3.05) is 11.9 Å². The minimum atomic E-state index is -0.524. The highest BCUT2D eigenvalue weighted by atomic mass is 32.1. The van der Waals surface area contributed by atoms with Crippen molar-refractivity contribution in [3.05, 3.63) is 34.4 Å². The second-order valence-electron chi connectivity index (χ2n) is 3.27. The van der Waals surface area contributed by atoms with Crippen LogP contribution < -0.4 is 5.32 Å². The fraction of sp³-hybridized carbons (Fsp3) is 0.200. The molecule has 0 saturated carbocycles. The molecule has 94 valence electrons. The summed E-state index contributed by atoms with van der Waals surface area (Å²) in [5, 5.41) is 21.3. The Kier molecular flexibility index (Phi) is 4.95. The van der Waals surface area contributed by atoms with Gasteiger partial charge in [0, 0.05) is 24.4 Å². The number of anilines is 1. The van der Waals surface area contributed by atoms with E-state index >= 15 is 0 Å². The Morgan fingerprint density at radius 1 is 1.50 bits per heavy atom. The predicted molar refractivity (Wildman–Crippen MR) is 68.0 cm³/mol. The van der Waals surface area contributed by atoms with Gasteiger partial charge in [0.2, 0.25) is 0 Å². The van der Waals surface area contributed by atoms with E-state index in [1.165, 1.54) is 24.3 Å². The van der Waals surface area contributed by atoms with Gasteiger partial charge < -0.3 is 5.32 Å². The molecule has 7 nitrogen and oxygen atoms in total. The van der Waals surface area contributed by atoms with Crippen LogP contribution in [0.1, 0.15) is 6.42 Å². The first-order valence-corrected chi connectivity index (χ1v) is 5.33. The van der Waals surface area contributed by atoms with Gasteiger partial charge in [-0.25, -0.2) is 4.79 Å². The summed E-state index contributed by atoms with van der Waals surface area (Å²) in [6.45, 7) is 0.193. The van der Waals surface area contributed by atoms with Gasteiger partial charge in [-0.1, -0.05) is 12.8 Å². The number of nitriles is 1. The molecular weight excluding hydrogens is 256 g/mol. The molecule has 2 amide bonds. The standard InChI is InChI=1S/C10H10N4O3S/c11-6-1-7-13(18)10(15)12-8-2-4-9(5-3-8)14(16)17/h2-5,18H,1,7H2,(H,12,15). The van der Waals surface area contributed by atoms with E-state index in [0.29, 0.717) is 5.69 Å². The summed E-state index contributed by atoms with van der Waals surface area (Å²) < 4.78 is 1.06. The number of non-ortho nitro benzene ring substituents is 1. The molecule has 0 fully saturated rings. The van der Waals surface area contributed by atoms with E-state index in [2.05, 4.69) is 18.1 Å². The Hall–Kier alpha value is -2.27. The van der Waals surface area contributed by atoms with E-state index in [9.17, 15) is 14.9 Å². The number of nitrogens with zero attached hydrogens (tertiary/aromatic N) is 3. The lowest BCUT2D eigenvalue weighted by molar-refractivity contribution is -0.384. The second kappa shape index (κ2) is 6.46. The molecule has 0 unspecified atom stereocenters. The topological polar surface area (TPSA) is 99.3 Å². The van der Waals surface area contributed by atoms with E-state index < -0.39 is 11.0 Å². The van der Waals surface area contributed by atoms with Crippen LogP contribution in [0.2, 0.25) is 0 Å². The van der Waals surface area contributed by atoms with Gasteiger partial charge in [0.1, 0.15) is 0 Å². The number of nitro groups is 1. The van der Waals surface area contributed by atoms with Gasteiger partial charge in [-0.05, 0) is 12.1 Å². The quantitative estimate of drug-likeness (QED) is 0.495. The SMILES string of the molecule is N#CCCN(S)C(=O)Nc1ccc([N+](=O)[O-])cc1. The Balaban J connectivity index is 2.59. The van der Waals surface area contributed by atoms with E-state index in [1.807, 2.05) is 6.07 Å². The van der Waals surface area contributed by atoms with Crippen LogP contribution in [0.15, 0.2) is 24.3 Å². The van der Waals surface area contributed by atoms with Gasteiger partial charge in [-0.15, -0.1) is 0 Å². The third-order valence-corrected chi connectivity index (χ3v) is 2.38. The summed E-state index contributed by atoms with van der Waals surface area (Å²) in [7, 11) is 0. The summed E-state index contributed by atoms with van der Waals surface area (Å²) in [5.74, 6) is 0. The summed E-state index contributed by atoms with van der Waals surface area (Å²) >= 11 is 3.90. The van der Waals surface area contributed by atoms with Crippen molar-refractivity contribution in [1.29, 1.82) is 5.26 Å². The molecule has 1 aromatic rings. The summed E-state index contributed by atoms with van der Waals surface area (Å²) in [6.07, 6.45) is 0.178. The van der Waals surface area contributed by atoms with Crippen LogP contribution in [0.25, 0.3) is 0 Å². The maximum absolute atomic E-state index is 11.5. The van der Waals surface area contributed by atoms with E-state index in [-0.39, 0.29) is 18.7 Å². The number of urea groups is 1. The zero-order chi connectivity index (χ0) is 13.5. The minimum absolute atomic E-state index is 0.0554. The molecule has 0 heterocycles. The molecule has 1 rings (SSSR count). The van der Waals surface area contributed by atoms with Crippen molar-refractivity contribution in [2.45, 2.75) is 6.42 Å². The normalized spacial score (nSPS) is 9.33. The zero-order valence-corrected chi connectivity index (χ0v) is 10.1. The molecule has 0 radical (unpaired) electrons. The van der Waals surface area contributed by atoms with Gasteiger partial charge in [0.05, 0.1) is 17.4 Å². The van der Waals surface area contributed by atoms with Crippen molar-refractivity contribution in [3.63, 3.8) is 0 Å². The summed E-state index contributed by atoms with van der Waals surface area (Å²) in [6, 6.07) is 6.80. The summed E-state index contributed by atoms with van der Waals surface area (Å²) in [4.78, 5) is 21.4. The average Bonchev–Trinajstić information content (AvgIpc) is 2.36. The lowest BCUT2D eigenvalue weighted by Crippen LogP contribution is -2.27. The first-order valence-electron chi connectivity index (χ1n) is 4.93. The molecule has 0 aromatic heterocycles. The van der Waals surface area contributed by atoms with Gasteiger partial charge in [-0.3, -0.25) is 14.4 Å². The Labute approximate surface area is 109 Å². The molecule has 0 bridgehead atoms. The smallest absolute Gasteiger partial charge is 0.307 e. The van der Waals surface area contributed by atoms with Crippen molar-refractivity contribution in [1.82, 2.24) is 4.31 Å². The first kappa shape index (κ1) is 13.8. The van der Waals surface area contributed by atoms with Crippen LogP contribution in [-0.2, 0) is 0 Å². The van der Waals surface area contributed by atoms with Crippen molar-refractivity contribution >= 4 is 30.2 Å². The van der Waals surface area contributed by atoms with Crippen LogP contribution in [0.5, 0.6) is 0 Å². The van der Waals surface area contributed by atoms with Gasteiger partial charge in [0.25, 0.3) is 5.69 Å². The van der Waals surface area contributed by atoms with Crippen LogP contribution in [0.4, 0.5) is 16.2 Å². The average molecular weight is 266 g/mol. The predicted octanol–water partition coefficient (Wildman–Crippen LogP) is 2.19. The van der Waals surface area contributed by atoms with Crippen molar-refractivity contribution in [2.24, 2.45) is 0 Å². The molecular formula is C10H10N4O3S. The van der Waals surface area contributed by atoms with Crippen LogP contribution >= 0.6 is 12.8 Å². The van der Waals surface area contributed by atoms with Crippen LogP contribution in [0.3, 0.4) is 0 Å². The zero-order valence-electron chi connectivity index (χ0n) is 9.24. The number of nitrogens with one attached hydrogen (secondary N) is 1. The van der Waals surface area contributed by atoms with E-state index in [4.69, 9.17) is 5.26 Å². The number of carbonyl (C=O) groups is 1. The molecule has 0 saturated heterocycles. The fourth-order valence-corrected chi connectivity index (χ4v) is 1.26. The third kappa shape index (κ3) is 3.95. The number of carbonyl (C=O) groups excluding carboxylic acids is 1. The largest absolute Gasteiger partial charge is 0.331 e. The lowest BCUT2D eigenvalue weighted by atomic mass is 10.3. The van der Waals surface area contributed by atoms with Gasteiger partial charge in [0.15, 0.2) is 0 Å². The number of nitro benzene ring substituents is 1. The van der Waals surface area contributed by atoms with Gasteiger partial charge >= 0.3 is 6.03 Å². The highest BCUT2D eigenvalue weighted by Gasteiger charge is 2.10. The molecule has 8 heteroatoms. The molecule has 0 aliphatic rings. The van der Waals surface area contributed by atoms with Crippen molar-refractivity contribution < 1.29 is 9.72 Å². The molecule has 1 N–H and O–H groups in total. The number of rotatable bonds is 4. The Morgan fingerprint density at radius 2 is 2.11 bits per heavy atom. The number of amides is 2. The number of hydrogen-bond acceptors (Lipinski definition) is 5. The van der Waals surface area contributed by atoms with Crippen molar-refractivity contribution in [3.8, 4) is 6.07 Å². The minimum Gasteiger partial charge on any atom is -0.307 e. The first-order chi connectivity index (χ1) is 8.54. The van der Waals surface area contributed by atoms with E-state index in [1.54, 1.807) is 0 Å². The fourth-order valence-electron chi connectivity index (χ4n) is 1.11. The number of thiol groups is 1. The molecule has 0 aliphatic carbocycles. The number of benzene rings is 1. The number of hydrogen-bond donors (Lipinski definition) is 2. The molecule has 1 aromatic carbocycles. The Morgan fingerprint density at radius 3 is 2.61 bits per heavy atom. The summed E-state index contributed by atoms with van der Waals surface area (Å²) in [5.41, 5.74) is 0.363. The highest BCUT2D eigenvalue weighted by Crippen LogP contribution is 2.16. The Bertz CT molecular complexity index is 483. The molecule has 18 heavy (non-hydrogen) atoms. The maximum Gasteiger partial charge on any atom is 0.331 e. The molecule has 0 spiro atoms. The third-order valence-electron chi connectivity index (χ3n) is 2.00. The second-order valence-corrected chi connectivity index (χ2v) is 3.75. The molecule has 0 aliphatic heterocycles.